The first-order valence-electron chi connectivity index (χ1n) is 4.79. The van der Waals surface area contributed by atoms with Gasteiger partial charge in [-0.05, 0) is 30.0 Å². The maximum Gasteiger partial charge on any atom is 0.290 e. The van der Waals surface area contributed by atoms with Gasteiger partial charge in [0, 0.05) is 0 Å². The number of rotatable bonds is 2. The van der Waals surface area contributed by atoms with Crippen LogP contribution in [0.25, 0.3) is 0 Å². The number of hydrogen-bond donors (Lipinski definition) is 1. The minimum absolute atomic E-state index is 0.250. The van der Waals surface area contributed by atoms with Crippen LogP contribution in [0.4, 0.5) is 0 Å². The number of methoxy groups -OCH3 is 1. The lowest BCUT2D eigenvalue weighted by atomic mass is 10.0. The van der Waals surface area contributed by atoms with Gasteiger partial charge in [0.2, 0.25) is 0 Å². The summed E-state index contributed by atoms with van der Waals surface area (Å²) >= 11 is 0. The summed E-state index contributed by atoms with van der Waals surface area (Å²) in [5, 5.41) is 6.89. The van der Waals surface area contributed by atoms with Crippen molar-refractivity contribution in [2.45, 2.75) is 26.7 Å². The molecule has 0 saturated heterocycles. The van der Waals surface area contributed by atoms with Gasteiger partial charge in [0.15, 0.2) is 0 Å². The molecular weight excluding hydrogens is 192 g/mol. The fourth-order valence-corrected chi connectivity index (χ4v) is 1.30. The first-order valence-corrected chi connectivity index (χ1v) is 4.79. The second kappa shape index (κ2) is 6.87. The quantitative estimate of drug-likeness (QED) is 0.763. The van der Waals surface area contributed by atoms with Gasteiger partial charge in [-0.2, -0.15) is 0 Å². The summed E-state index contributed by atoms with van der Waals surface area (Å²) in [6.07, 6.45) is 0. The summed E-state index contributed by atoms with van der Waals surface area (Å²) in [5.41, 5.74) is 2.53. The van der Waals surface area contributed by atoms with Crippen molar-refractivity contribution in [3.8, 4) is 5.75 Å². The van der Waals surface area contributed by atoms with Crippen molar-refractivity contribution in [1.82, 2.24) is 0 Å². The number of carboxylic acid groups (broad SMARTS) is 1. The molecule has 84 valence electrons. The van der Waals surface area contributed by atoms with Crippen molar-refractivity contribution < 1.29 is 14.6 Å². The van der Waals surface area contributed by atoms with E-state index < -0.39 is 0 Å². The topological polar surface area (TPSA) is 46.5 Å². The highest BCUT2D eigenvalue weighted by Gasteiger charge is 2.05. The molecule has 0 bridgehead atoms. The Labute approximate surface area is 90.7 Å². The minimum Gasteiger partial charge on any atom is -0.496 e. The zero-order valence-corrected chi connectivity index (χ0v) is 9.65. The molecule has 0 unspecified atom stereocenters. The van der Waals surface area contributed by atoms with E-state index >= 15 is 0 Å². The second-order valence-electron chi connectivity index (χ2n) is 3.51. The van der Waals surface area contributed by atoms with E-state index in [1.54, 1.807) is 7.11 Å². The molecule has 0 atom stereocenters. The second-order valence-corrected chi connectivity index (χ2v) is 3.51. The molecule has 1 rings (SSSR count). The van der Waals surface area contributed by atoms with Crippen molar-refractivity contribution in [2.24, 2.45) is 0 Å². The monoisotopic (exact) mass is 210 g/mol. The van der Waals surface area contributed by atoms with Gasteiger partial charge in [-0.15, -0.1) is 0 Å². The first kappa shape index (κ1) is 13.5. The van der Waals surface area contributed by atoms with Gasteiger partial charge in [0.05, 0.1) is 7.11 Å². The average molecular weight is 210 g/mol. The highest BCUT2D eigenvalue weighted by atomic mass is 16.5. The van der Waals surface area contributed by atoms with Gasteiger partial charge in [-0.3, -0.25) is 4.79 Å². The zero-order chi connectivity index (χ0) is 11.8. The maximum absolute atomic E-state index is 8.36. The number of ether oxygens (including phenoxy) is 1. The highest BCUT2D eigenvalue weighted by molar-refractivity contribution is 5.38. The summed E-state index contributed by atoms with van der Waals surface area (Å²) < 4.78 is 5.29. The molecule has 0 heterocycles. The standard InChI is InChI=1S/C11H16O.CH2O2/c1-8(2)10-6-5-9(3)7-11(10)12-4;2-1-3/h5-8H,1-4H3;1H,(H,2,3). The Kier molecular flexibility index (Phi) is 6.18. The van der Waals surface area contributed by atoms with E-state index in [4.69, 9.17) is 14.6 Å². The molecule has 0 aliphatic heterocycles. The molecule has 0 aliphatic rings. The SMILES string of the molecule is COc1cc(C)ccc1C(C)C.O=CO. The molecule has 15 heavy (non-hydrogen) atoms. The van der Waals surface area contributed by atoms with Crippen molar-refractivity contribution in [1.29, 1.82) is 0 Å². The fraction of sp³-hybridized carbons (Fsp3) is 0.417. The molecule has 3 heteroatoms. The highest BCUT2D eigenvalue weighted by Crippen LogP contribution is 2.26. The van der Waals surface area contributed by atoms with Crippen molar-refractivity contribution in [2.75, 3.05) is 7.11 Å². The third kappa shape index (κ3) is 4.49. The summed E-state index contributed by atoms with van der Waals surface area (Å²) in [7, 11) is 1.72. The molecule has 3 nitrogen and oxygen atoms in total. The maximum atomic E-state index is 8.36. The molecule has 0 radical (unpaired) electrons. The zero-order valence-electron chi connectivity index (χ0n) is 9.65. The Morgan fingerprint density at radius 3 is 2.33 bits per heavy atom. The van der Waals surface area contributed by atoms with Crippen LogP contribution in [0.5, 0.6) is 5.75 Å². The molecule has 0 amide bonds. The lowest BCUT2D eigenvalue weighted by Crippen LogP contribution is -1.94. The van der Waals surface area contributed by atoms with Gasteiger partial charge < -0.3 is 9.84 Å². The van der Waals surface area contributed by atoms with Gasteiger partial charge >= 0.3 is 0 Å². The Bertz CT molecular complexity index is 306. The normalized spacial score (nSPS) is 9.13. The van der Waals surface area contributed by atoms with Crippen LogP contribution in [0.3, 0.4) is 0 Å². The van der Waals surface area contributed by atoms with Gasteiger partial charge in [-0.25, -0.2) is 0 Å². The van der Waals surface area contributed by atoms with E-state index in [1.165, 1.54) is 11.1 Å². The summed E-state index contributed by atoms with van der Waals surface area (Å²) in [6, 6.07) is 6.34. The van der Waals surface area contributed by atoms with E-state index in [0.717, 1.165) is 5.75 Å². The van der Waals surface area contributed by atoms with E-state index in [1.807, 2.05) is 0 Å². The van der Waals surface area contributed by atoms with Crippen LogP contribution < -0.4 is 4.74 Å². The third-order valence-corrected chi connectivity index (χ3v) is 2.01. The molecule has 0 aromatic heterocycles. The van der Waals surface area contributed by atoms with Crippen LogP contribution >= 0.6 is 0 Å². The minimum atomic E-state index is -0.250. The first-order chi connectivity index (χ1) is 7.06. The van der Waals surface area contributed by atoms with Crippen LogP contribution in [0.15, 0.2) is 18.2 Å². The smallest absolute Gasteiger partial charge is 0.290 e. The molecule has 1 aromatic rings. The Hall–Kier alpha value is -1.51. The molecule has 1 aromatic carbocycles. The number of hydrogen-bond acceptors (Lipinski definition) is 2. The lowest BCUT2D eigenvalue weighted by molar-refractivity contribution is -0.122. The summed E-state index contributed by atoms with van der Waals surface area (Å²) in [6.45, 7) is 6.17. The largest absolute Gasteiger partial charge is 0.496 e. The molecule has 0 saturated carbocycles. The van der Waals surface area contributed by atoms with Crippen LogP contribution in [0, 0.1) is 6.92 Å². The Morgan fingerprint density at radius 1 is 1.40 bits per heavy atom. The third-order valence-electron chi connectivity index (χ3n) is 2.01. The van der Waals surface area contributed by atoms with E-state index in [2.05, 4.69) is 39.0 Å². The summed E-state index contributed by atoms with van der Waals surface area (Å²) in [5.74, 6) is 1.53. The number of carbonyl (C=O) groups is 1. The molecule has 1 N–H and O–H groups in total. The fourth-order valence-electron chi connectivity index (χ4n) is 1.30. The Balaban J connectivity index is 0.000000583. The molecule has 0 aliphatic carbocycles. The van der Waals surface area contributed by atoms with Crippen molar-refractivity contribution in [3.05, 3.63) is 29.3 Å². The van der Waals surface area contributed by atoms with Crippen LogP contribution in [-0.4, -0.2) is 18.7 Å². The van der Waals surface area contributed by atoms with Crippen LogP contribution in [-0.2, 0) is 4.79 Å². The predicted molar refractivity (Wildman–Crippen MR) is 60.5 cm³/mol. The van der Waals surface area contributed by atoms with Gasteiger partial charge in [-0.1, -0.05) is 26.0 Å². The van der Waals surface area contributed by atoms with Crippen LogP contribution in [0.1, 0.15) is 30.9 Å². The summed E-state index contributed by atoms with van der Waals surface area (Å²) in [4.78, 5) is 8.36. The van der Waals surface area contributed by atoms with Gasteiger partial charge in [0.1, 0.15) is 5.75 Å². The molecule has 0 fully saturated rings. The van der Waals surface area contributed by atoms with Gasteiger partial charge in [0.25, 0.3) is 6.47 Å². The molecular formula is C12H18O3. The number of benzene rings is 1. The van der Waals surface area contributed by atoms with E-state index in [9.17, 15) is 0 Å². The predicted octanol–water partition coefficient (Wildman–Crippen LogP) is 2.83. The van der Waals surface area contributed by atoms with Crippen molar-refractivity contribution in [3.63, 3.8) is 0 Å². The Morgan fingerprint density at radius 2 is 1.93 bits per heavy atom. The van der Waals surface area contributed by atoms with Crippen LogP contribution in [0.2, 0.25) is 0 Å². The van der Waals surface area contributed by atoms with Crippen molar-refractivity contribution >= 4 is 6.47 Å². The lowest BCUT2D eigenvalue weighted by Gasteiger charge is -2.11. The number of aryl methyl sites for hydroxylation is 1. The average Bonchev–Trinajstić information content (AvgIpc) is 2.18. The van der Waals surface area contributed by atoms with E-state index in [-0.39, 0.29) is 6.47 Å². The molecule has 0 spiro atoms. The van der Waals surface area contributed by atoms with E-state index in [0.29, 0.717) is 5.92 Å².